The molecule has 0 radical (unpaired) electrons. The first-order chi connectivity index (χ1) is 15.5. The van der Waals surface area contributed by atoms with Crippen molar-refractivity contribution >= 4 is 11.9 Å². The number of methoxy groups -OCH3 is 1. The molecule has 7 heteroatoms. The molecule has 2 aromatic rings. The number of rotatable bonds is 4. The van der Waals surface area contributed by atoms with Gasteiger partial charge in [-0.3, -0.25) is 4.79 Å². The smallest absolute Gasteiger partial charge is 0.202 e. The van der Waals surface area contributed by atoms with Gasteiger partial charge in [-0.2, -0.15) is 0 Å². The first kappa shape index (κ1) is 22.7. The van der Waals surface area contributed by atoms with E-state index >= 15 is 0 Å². The highest BCUT2D eigenvalue weighted by Gasteiger charge is 2.43. The zero-order valence-electron chi connectivity index (χ0n) is 19.3. The van der Waals surface area contributed by atoms with Gasteiger partial charge in [0.15, 0.2) is 12.2 Å². The summed E-state index contributed by atoms with van der Waals surface area (Å²) >= 11 is 0. The van der Waals surface area contributed by atoms with E-state index in [9.17, 15) is 20.1 Å². The van der Waals surface area contributed by atoms with Gasteiger partial charge in [-0.15, -0.1) is 0 Å². The number of hydrogen-bond donors (Lipinski definition) is 3. The van der Waals surface area contributed by atoms with Crippen molar-refractivity contribution in [3.8, 4) is 28.7 Å². The van der Waals surface area contributed by atoms with E-state index in [1.165, 1.54) is 19.2 Å². The average molecular weight is 453 g/mol. The van der Waals surface area contributed by atoms with Crippen molar-refractivity contribution in [2.24, 2.45) is 0 Å². The molecular formula is C26H28O7. The molecule has 4 rings (SSSR count). The monoisotopic (exact) mass is 452 g/mol. The van der Waals surface area contributed by atoms with Crippen LogP contribution in [0, 0.1) is 0 Å². The maximum Gasteiger partial charge on any atom is 0.202 e. The summed E-state index contributed by atoms with van der Waals surface area (Å²) in [6.45, 7) is 7.69. The summed E-state index contributed by atoms with van der Waals surface area (Å²) in [5.74, 6) is -0.166. The van der Waals surface area contributed by atoms with E-state index in [-0.39, 0.29) is 28.4 Å². The Morgan fingerprint density at radius 2 is 1.94 bits per heavy atom. The van der Waals surface area contributed by atoms with Crippen molar-refractivity contribution in [3.63, 3.8) is 0 Å². The Kier molecular flexibility index (Phi) is 5.62. The van der Waals surface area contributed by atoms with Crippen LogP contribution in [0.2, 0.25) is 0 Å². The molecule has 0 aliphatic carbocycles. The summed E-state index contributed by atoms with van der Waals surface area (Å²) in [7, 11) is 1.47. The number of allylic oxidation sites excluding steroid dienone is 2. The SMILES string of the molecule is COc1ccc([C@H]2Oc3c(CC=C(C)C)c4c(c(O)c3C(=O)[C@@H]2O)C=CC(C)(C)O4)c(O)c1. The lowest BCUT2D eigenvalue weighted by Crippen LogP contribution is -2.37. The van der Waals surface area contributed by atoms with Gasteiger partial charge in [-0.25, -0.2) is 0 Å². The van der Waals surface area contributed by atoms with Crippen LogP contribution in [-0.2, 0) is 6.42 Å². The second kappa shape index (κ2) is 8.15. The number of phenolic OH excluding ortho intramolecular Hbond substituents is 2. The van der Waals surface area contributed by atoms with Gasteiger partial charge >= 0.3 is 0 Å². The number of aliphatic hydroxyl groups is 1. The van der Waals surface area contributed by atoms with Crippen LogP contribution in [0.15, 0.2) is 35.9 Å². The summed E-state index contributed by atoms with van der Waals surface area (Å²) in [6.07, 6.45) is 3.09. The Hall–Kier alpha value is -3.45. The van der Waals surface area contributed by atoms with Crippen molar-refractivity contribution in [2.75, 3.05) is 7.11 Å². The topological polar surface area (TPSA) is 105 Å². The molecule has 0 unspecified atom stereocenters. The van der Waals surface area contributed by atoms with Crippen molar-refractivity contribution in [2.45, 2.75) is 51.9 Å². The Labute approximate surface area is 192 Å². The van der Waals surface area contributed by atoms with Crippen LogP contribution in [0.25, 0.3) is 6.08 Å². The van der Waals surface area contributed by atoms with Gasteiger partial charge < -0.3 is 29.5 Å². The number of aromatic hydroxyl groups is 2. The predicted molar refractivity (Wildman–Crippen MR) is 123 cm³/mol. The third-order valence-corrected chi connectivity index (χ3v) is 5.83. The standard InChI is InChI=1S/C26H28O7/c1-13(2)6-8-17-23-16(10-11-26(3,4)33-23)20(28)19-21(29)22(30)25(32-24(17)19)15-9-7-14(31-5)12-18(15)27/h6-7,9-12,22,25,27-28,30H,8H2,1-5H3/t22-,25+/m0/s1. The minimum atomic E-state index is -1.62. The molecule has 2 aliphatic heterocycles. The molecule has 0 amide bonds. The highest BCUT2D eigenvalue weighted by molar-refractivity contribution is 6.07. The largest absolute Gasteiger partial charge is 0.507 e. The Bertz CT molecular complexity index is 1190. The molecule has 2 aliphatic rings. The van der Waals surface area contributed by atoms with Gasteiger partial charge in [-0.1, -0.05) is 11.6 Å². The number of aliphatic hydroxyl groups excluding tert-OH is 1. The number of ether oxygens (including phenoxy) is 3. The molecule has 2 heterocycles. The molecule has 0 saturated heterocycles. The maximum atomic E-state index is 13.3. The number of fused-ring (bicyclic) bond motifs is 2. The van der Waals surface area contributed by atoms with Crippen LogP contribution in [0.5, 0.6) is 28.7 Å². The first-order valence-corrected chi connectivity index (χ1v) is 10.7. The van der Waals surface area contributed by atoms with E-state index < -0.39 is 23.6 Å². The van der Waals surface area contributed by atoms with Gasteiger partial charge in [-0.05, 0) is 58.4 Å². The Morgan fingerprint density at radius 1 is 1.21 bits per heavy atom. The van der Waals surface area contributed by atoms with E-state index in [1.54, 1.807) is 18.2 Å². The number of carbonyl (C=O) groups is 1. The fraction of sp³-hybridized carbons (Fsp3) is 0.346. The number of Topliss-reactive ketones (excluding diaryl/α,β-unsaturated/α-hetero) is 1. The number of phenols is 2. The quantitative estimate of drug-likeness (QED) is 0.588. The van der Waals surface area contributed by atoms with Crippen LogP contribution >= 0.6 is 0 Å². The van der Waals surface area contributed by atoms with Crippen LogP contribution in [0.4, 0.5) is 0 Å². The van der Waals surface area contributed by atoms with Crippen LogP contribution in [-0.4, -0.2) is 39.9 Å². The summed E-state index contributed by atoms with van der Waals surface area (Å²) in [4.78, 5) is 13.3. The van der Waals surface area contributed by atoms with E-state index in [4.69, 9.17) is 14.2 Å². The molecule has 0 bridgehead atoms. The molecule has 0 fully saturated rings. The average Bonchev–Trinajstić information content (AvgIpc) is 2.75. The second-order valence-electron chi connectivity index (χ2n) is 9.07. The molecule has 33 heavy (non-hydrogen) atoms. The van der Waals surface area contributed by atoms with Crippen LogP contribution < -0.4 is 14.2 Å². The lowest BCUT2D eigenvalue weighted by molar-refractivity contribution is 0.0196. The zero-order chi connectivity index (χ0) is 24.1. The maximum absolute atomic E-state index is 13.3. The third-order valence-electron chi connectivity index (χ3n) is 5.83. The van der Waals surface area contributed by atoms with Crippen LogP contribution in [0.1, 0.15) is 60.8 Å². The van der Waals surface area contributed by atoms with Crippen molar-refractivity contribution in [1.29, 1.82) is 0 Å². The first-order valence-electron chi connectivity index (χ1n) is 10.7. The molecule has 7 nitrogen and oxygen atoms in total. The van der Waals surface area contributed by atoms with Crippen molar-refractivity contribution < 1.29 is 34.3 Å². The van der Waals surface area contributed by atoms with E-state index in [0.29, 0.717) is 29.0 Å². The normalized spacial score (nSPS) is 20.2. The molecular weight excluding hydrogens is 424 g/mol. The number of benzene rings is 2. The highest BCUT2D eigenvalue weighted by Crippen LogP contribution is 2.52. The van der Waals surface area contributed by atoms with Gasteiger partial charge in [0.2, 0.25) is 5.78 Å². The molecule has 174 valence electrons. The van der Waals surface area contributed by atoms with Gasteiger partial charge in [0.25, 0.3) is 0 Å². The Morgan fingerprint density at radius 3 is 2.58 bits per heavy atom. The van der Waals surface area contributed by atoms with Gasteiger partial charge in [0.1, 0.15) is 39.9 Å². The molecule has 2 atom stereocenters. The summed E-state index contributed by atoms with van der Waals surface area (Å²) < 4.78 is 17.5. The highest BCUT2D eigenvalue weighted by atomic mass is 16.5. The summed E-state index contributed by atoms with van der Waals surface area (Å²) in [5, 5.41) is 32.3. The minimum absolute atomic E-state index is 0.0874. The third kappa shape index (κ3) is 3.93. The number of carbonyl (C=O) groups excluding carboxylic acids is 1. The molecule has 0 aromatic heterocycles. The lowest BCUT2D eigenvalue weighted by Gasteiger charge is -2.36. The predicted octanol–water partition coefficient (Wildman–Crippen LogP) is 4.48. The summed E-state index contributed by atoms with van der Waals surface area (Å²) in [6, 6.07) is 4.53. The zero-order valence-corrected chi connectivity index (χ0v) is 19.3. The van der Waals surface area contributed by atoms with E-state index in [0.717, 1.165) is 5.57 Å². The van der Waals surface area contributed by atoms with E-state index in [2.05, 4.69) is 0 Å². The van der Waals surface area contributed by atoms with Gasteiger partial charge in [0, 0.05) is 17.2 Å². The minimum Gasteiger partial charge on any atom is -0.507 e. The fourth-order valence-corrected chi connectivity index (χ4v) is 4.07. The lowest BCUT2D eigenvalue weighted by atomic mass is 9.86. The Balaban J connectivity index is 1.93. The van der Waals surface area contributed by atoms with Crippen LogP contribution in [0.3, 0.4) is 0 Å². The van der Waals surface area contributed by atoms with E-state index in [1.807, 2.05) is 33.8 Å². The summed E-state index contributed by atoms with van der Waals surface area (Å²) in [5.41, 5.74) is 1.54. The molecule has 3 N–H and O–H groups in total. The van der Waals surface area contributed by atoms with Crippen molar-refractivity contribution in [3.05, 3.63) is 58.2 Å². The molecule has 0 spiro atoms. The van der Waals surface area contributed by atoms with Gasteiger partial charge in [0.05, 0.1) is 12.7 Å². The van der Waals surface area contributed by atoms with Crippen molar-refractivity contribution in [1.82, 2.24) is 0 Å². The second-order valence-corrected chi connectivity index (χ2v) is 9.07. The molecule has 2 aromatic carbocycles. The fourth-order valence-electron chi connectivity index (χ4n) is 4.07. The number of ketones is 1. The molecule has 0 saturated carbocycles. The number of hydrogen-bond acceptors (Lipinski definition) is 7.